The molecule has 0 spiro atoms. The van der Waals surface area contributed by atoms with Gasteiger partial charge in [0.15, 0.2) is 0 Å². The van der Waals surface area contributed by atoms with Gasteiger partial charge in [-0.25, -0.2) is 4.79 Å². The molecular weight excluding hydrogens is 226 g/mol. The van der Waals surface area contributed by atoms with Crippen molar-refractivity contribution in [1.29, 1.82) is 0 Å². The molecule has 100 valence electrons. The van der Waals surface area contributed by atoms with Crippen molar-refractivity contribution in [3.63, 3.8) is 0 Å². The molecule has 0 aliphatic carbocycles. The van der Waals surface area contributed by atoms with E-state index in [0.717, 1.165) is 18.4 Å². The molecule has 0 radical (unpaired) electrons. The summed E-state index contributed by atoms with van der Waals surface area (Å²) in [6, 6.07) is 7.51. The average molecular weight is 249 g/mol. The first kappa shape index (κ1) is 14.7. The Hall–Kier alpha value is -1.35. The van der Waals surface area contributed by atoms with Crippen LogP contribution < -0.4 is 5.90 Å². The Kier molecular flexibility index (Phi) is 7.11. The summed E-state index contributed by atoms with van der Waals surface area (Å²) in [7, 11) is 0. The third-order valence-corrected chi connectivity index (χ3v) is 3.14. The quantitative estimate of drug-likeness (QED) is 0.565. The third kappa shape index (κ3) is 4.88. The minimum absolute atomic E-state index is 0.448. The maximum absolute atomic E-state index is 11.5. The number of hydrogen-bond donors (Lipinski definition) is 1. The molecule has 1 aromatic carbocycles. The van der Waals surface area contributed by atoms with Crippen molar-refractivity contribution >= 4 is 5.97 Å². The van der Waals surface area contributed by atoms with Crippen LogP contribution >= 0.6 is 0 Å². The standard InChI is InChI=1S/C15H23NO2/c1-2-3-4-5-6-7-10-13-11-8-9-12-14(13)15(17)18-16/h8-9,11-12H,2-7,10,16H2,1H3. The van der Waals surface area contributed by atoms with Gasteiger partial charge in [0.2, 0.25) is 0 Å². The Bertz CT molecular complexity index is 363. The van der Waals surface area contributed by atoms with Crippen molar-refractivity contribution in [3.05, 3.63) is 35.4 Å². The van der Waals surface area contributed by atoms with Gasteiger partial charge >= 0.3 is 5.97 Å². The molecule has 0 fully saturated rings. The molecule has 1 aromatic rings. The molecule has 0 aliphatic heterocycles. The van der Waals surface area contributed by atoms with E-state index in [4.69, 9.17) is 5.90 Å². The molecule has 0 heterocycles. The van der Waals surface area contributed by atoms with Crippen LogP contribution in [0, 0.1) is 0 Å². The highest BCUT2D eigenvalue weighted by Crippen LogP contribution is 2.14. The molecule has 0 atom stereocenters. The lowest BCUT2D eigenvalue weighted by molar-refractivity contribution is 0.0502. The Morgan fingerprint density at radius 1 is 1.11 bits per heavy atom. The van der Waals surface area contributed by atoms with Gasteiger partial charge in [0, 0.05) is 0 Å². The highest BCUT2D eigenvalue weighted by atomic mass is 16.7. The first-order chi connectivity index (χ1) is 8.79. The molecular formula is C15H23NO2. The monoisotopic (exact) mass is 249 g/mol. The Morgan fingerprint density at radius 2 is 1.78 bits per heavy atom. The second-order valence-electron chi connectivity index (χ2n) is 4.58. The van der Waals surface area contributed by atoms with Crippen LogP contribution in [0.2, 0.25) is 0 Å². The largest absolute Gasteiger partial charge is 0.370 e. The number of aryl methyl sites for hydroxylation is 1. The Morgan fingerprint density at radius 3 is 2.50 bits per heavy atom. The molecule has 0 saturated carbocycles. The predicted molar refractivity (Wildman–Crippen MR) is 73.1 cm³/mol. The number of carbonyl (C=O) groups excluding carboxylic acids is 1. The lowest BCUT2D eigenvalue weighted by atomic mass is 10.0. The molecule has 0 bridgehead atoms. The number of carbonyl (C=O) groups is 1. The SMILES string of the molecule is CCCCCCCCc1ccccc1C(=O)ON. The van der Waals surface area contributed by atoms with E-state index in [0.29, 0.717) is 5.56 Å². The van der Waals surface area contributed by atoms with Gasteiger partial charge in [0.05, 0.1) is 5.56 Å². The summed E-state index contributed by atoms with van der Waals surface area (Å²) in [5.74, 6) is 4.49. The Labute approximate surface area is 109 Å². The Balaban J connectivity index is 2.39. The van der Waals surface area contributed by atoms with Crippen LogP contribution in [0.15, 0.2) is 24.3 Å². The van der Waals surface area contributed by atoms with Gasteiger partial charge in [-0.1, -0.05) is 57.2 Å². The molecule has 2 N–H and O–H groups in total. The molecule has 3 nitrogen and oxygen atoms in total. The lowest BCUT2D eigenvalue weighted by Gasteiger charge is -2.07. The fourth-order valence-electron chi connectivity index (χ4n) is 2.10. The van der Waals surface area contributed by atoms with Crippen molar-refractivity contribution in [2.24, 2.45) is 5.90 Å². The summed E-state index contributed by atoms with van der Waals surface area (Å²) in [6.07, 6.45) is 8.41. The molecule has 0 saturated heterocycles. The summed E-state index contributed by atoms with van der Waals surface area (Å²) in [5.41, 5.74) is 1.62. The minimum atomic E-state index is -0.448. The zero-order valence-electron chi connectivity index (χ0n) is 11.2. The maximum atomic E-state index is 11.5. The highest BCUT2D eigenvalue weighted by molar-refractivity contribution is 5.90. The van der Waals surface area contributed by atoms with Crippen molar-refractivity contribution in [2.45, 2.75) is 51.9 Å². The zero-order valence-corrected chi connectivity index (χ0v) is 11.2. The van der Waals surface area contributed by atoms with E-state index < -0.39 is 5.97 Å². The van der Waals surface area contributed by atoms with E-state index in [2.05, 4.69) is 11.8 Å². The van der Waals surface area contributed by atoms with Crippen LogP contribution in [-0.2, 0) is 11.3 Å². The van der Waals surface area contributed by atoms with E-state index >= 15 is 0 Å². The van der Waals surface area contributed by atoms with Crippen molar-refractivity contribution in [1.82, 2.24) is 0 Å². The zero-order chi connectivity index (χ0) is 13.2. The fraction of sp³-hybridized carbons (Fsp3) is 0.533. The second-order valence-corrected chi connectivity index (χ2v) is 4.58. The lowest BCUT2D eigenvalue weighted by Crippen LogP contribution is -2.12. The van der Waals surface area contributed by atoms with E-state index in [9.17, 15) is 4.79 Å². The summed E-state index contributed by atoms with van der Waals surface area (Å²) in [4.78, 5) is 15.8. The van der Waals surface area contributed by atoms with Crippen LogP contribution in [0.25, 0.3) is 0 Å². The van der Waals surface area contributed by atoms with Gasteiger partial charge in [-0.3, -0.25) is 0 Å². The number of nitrogens with two attached hydrogens (primary N) is 1. The van der Waals surface area contributed by atoms with E-state index in [1.807, 2.05) is 18.2 Å². The summed E-state index contributed by atoms with van der Waals surface area (Å²) >= 11 is 0. The van der Waals surface area contributed by atoms with Crippen LogP contribution in [-0.4, -0.2) is 5.97 Å². The molecule has 3 heteroatoms. The number of rotatable bonds is 8. The number of benzene rings is 1. The summed E-state index contributed by atoms with van der Waals surface area (Å²) in [5, 5.41) is 0. The summed E-state index contributed by atoms with van der Waals surface area (Å²) < 4.78 is 0. The van der Waals surface area contributed by atoms with Crippen molar-refractivity contribution in [3.8, 4) is 0 Å². The maximum Gasteiger partial charge on any atom is 0.356 e. The molecule has 0 aromatic heterocycles. The molecule has 0 aliphatic rings. The first-order valence-electron chi connectivity index (χ1n) is 6.78. The van der Waals surface area contributed by atoms with Crippen molar-refractivity contribution in [2.75, 3.05) is 0 Å². The first-order valence-corrected chi connectivity index (χ1v) is 6.78. The van der Waals surface area contributed by atoms with Gasteiger partial charge in [0.1, 0.15) is 0 Å². The normalized spacial score (nSPS) is 10.3. The topological polar surface area (TPSA) is 52.3 Å². The molecule has 0 unspecified atom stereocenters. The van der Waals surface area contributed by atoms with Crippen LogP contribution in [0.5, 0.6) is 0 Å². The van der Waals surface area contributed by atoms with Crippen molar-refractivity contribution < 1.29 is 9.63 Å². The third-order valence-electron chi connectivity index (χ3n) is 3.14. The van der Waals surface area contributed by atoms with Gasteiger partial charge < -0.3 is 4.84 Å². The molecule has 0 amide bonds. The van der Waals surface area contributed by atoms with Crippen LogP contribution in [0.1, 0.15) is 61.4 Å². The highest BCUT2D eigenvalue weighted by Gasteiger charge is 2.10. The van der Waals surface area contributed by atoms with Gasteiger partial charge in [0.25, 0.3) is 0 Å². The smallest absolute Gasteiger partial charge is 0.356 e. The minimum Gasteiger partial charge on any atom is -0.370 e. The fourth-order valence-corrected chi connectivity index (χ4v) is 2.10. The van der Waals surface area contributed by atoms with E-state index in [1.165, 1.54) is 32.1 Å². The number of hydrogen-bond acceptors (Lipinski definition) is 3. The molecule has 18 heavy (non-hydrogen) atoms. The van der Waals surface area contributed by atoms with E-state index in [1.54, 1.807) is 6.07 Å². The second kappa shape index (κ2) is 8.70. The van der Waals surface area contributed by atoms with E-state index in [-0.39, 0.29) is 0 Å². The average Bonchev–Trinajstić information content (AvgIpc) is 2.42. The number of unbranched alkanes of at least 4 members (excludes halogenated alkanes) is 5. The summed E-state index contributed by atoms with van der Waals surface area (Å²) in [6.45, 7) is 2.22. The predicted octanol–water partition coefficient (Wildman–Crippen LogP) is 3.62. The van der Waals surface area contributed by atoms with Crippen LogP contribution in [0.3, 0.4) is 0 Å². The van der Waals surface area contributed by atoms with Gasteiger partial charge in [-0.15, -0.1) is 0 Å². The van der Waals surface area contributed by atoms with Crippen LogP contribution in [0.4, 0.5) is 0 Å². The molecule has 1 rings (SSSR count). The van der Waals surface area contributed by atoms with Gasteiger partial charge in [-0.05, 0) is 24.5 Å². The van der Waals surface area contributed by atoms with Gasteiger partial charge in [-0.2, -0.15) is 5.90 Å².